The summed E-state index contributed by atoms with van der Waals surface area (Å²) in [5.74, 6) is 0.745. The molecule has 158 valence electrons. The number of benzene rings is 2. The fraction of sp³-hybridized carbons (Fsp3) is 0.250. The predicted octanol–water partition coefficient (Wildman–Crippen LogP) is 7.22. The van der Waals surface area contributed by atoms with Crippen molar-refractivity contribution in [2.75, 3.05) is 11.9 Å². The summed E-state index contributed by atoms with van der Waals surface area (Å²) in [4.78, 5) is 12.6. The lowest BCUT2D eigenvalue weighted by Crippen LogP contribution is -2.12. The molecule has 1 aromatic heterocycles. The van der Waals surface area contributed by atoms with Gasteiger partial charge in [-0.15, -0.1) is 10.2 Å². The summed E-state index contributed by atoms with van der Waals surface area (Å²) < 4.78 is 6.35. The van der Waals surface area contributed by atoms with E-state index in [2.05, 4.69) is 22.4 Å². The lowest BCUT2D eigenvalue weighted by atomic mass is 10.2. The van der Waals surface area contributed by atoms with Gasteiger partial charge in [-0.3, -0.25) is 10.1 Å². The Morgan fingerprint density at radius 3 is 2.50 bits per heavy atom. The number of thioether (sulfide) groups is 1. The first-order valence-corrected chi connectivity index (χ1v) is 12.0. The number of rotatable bonds is 9. The summed E-state index contributed by atoms with van der Waals surface area (Å²) in [7, 11) is 0. The zero-order chi connectivity index (χ0) is 21.5. The molecular formula is C20H18Cl3N3O2S2. The maximum absolute atomic E-state index is 12.6. The van der Waals surface area contributed by atoms with E-state index in [1.807, 2.05) is 24.3 Å². The van der Waals surface area contributed by atoms with Gasteiger partial charge in [-0.2, -0.15) is 0 Å². The summed E-state index contributed by atoms with van der Waals surface area (Å²) >= 11 is 21.2. The molecule has 0 saturated heterocycles. The third-order valence-corrected chi connectivity index (χ3v) is 6.76. The first-order chi connectivity index (χ1) is 14.5. The molecule has 3 aromatic rings. The highest BCUT2D eigenvalue weighted by Crippen LogP contribution is 2.35. The molecule has 0 spiro atoms. The van der Waals surface area contributed by atoms with Crippen molar-refractivity contribution in [2.45, 2.75) is 29.9 Å². The van der Waals surface area contributed by atoms with E-state index in [4.69, 9.17) is 39.5 Å². The van der Waals surface area contributed by atoms with Gasteiger partial charge in [0.2, 0.25) is 5.13 Å². The molecule has 1 N–H and O–H groups in total. The number of hydrogen-bond donors (Lipinski definition) is 1. The van der Waals surface area contributed by atoms with E-state index in [1.165, 1.54) is 35.2 Å². The fourth-order valence-electron chi connectivity index (χ4n) is 2.36. The number of anilines is 1. The van der Waals surface area contributed by atoms with Crippen LogP contribution in [-0.4, -0.2) is 22.7 Å². The number of carbonyl (C=O) groups excluding carboxylic acids is 1. The van der Waals surface area contributed by atoms with Gasteiger partial charge in [0.1, 0.15) is 0 Å². The highest BCUT2D eigenvalue weighted by Gasteiger charge is 2.16. The maximum atomic E-state index is 12.6. The Labute approximate surface area is 198 Å². The van der Waals surface area contributed by atoms with Crippen molar-refractivity contribution in [3.8, 4) is 5.75 Å². The van der Waals surface area contributed by atoms with E-state index in [1.54, 1.807) is 0 Å². The van der Waals surface area contributed by atoms with E-state index in [-0.39, 0.29) is 5.91 Å². The van der Waals surface area contributed by atoms with Crippen molar-refractivity contribution < 1.29 is 9.53 Å². The predicted molar refractivity (Wildman–Crippen MR) is 126 cm³/mol. The molecule has 5 nitrogen and oxygen atoms in total. The van der Waals surface area contributed by atoms with Gasteiger partial charge < -0.3 is 4.74 Å². The minimum atomic E-state index is -0.371. The number of aromatic nitrogens is 2. The van der Waals surface area contributed by atoms with Gasteiger partial charge in [-0.1, -0.05) is 83.4 Å². The summed E-state index contributed by atoms with van der Waals surface area (Å²) in [6.45, 7) is 2.58. The Morgan fingerprint density at radius 1 is 1.13 bits per heavy atom. The molecule has 0 aliphatic rings. The molecule has 0 fully saturated rings. The molecule has 0 aliphatic carbocycles. The van der Waals surface area contributed by atoms with Crippen molar-refractivity contribution in [2.24, 2.45) is 0 Å². The molecule has 1 heterocycles. The van der Waals surface area contributed by atoms with Gasteiger partial charge in [-0.25, -0.2) is 0 Å². The van der Waals surface area contributed by atoms with E-state index in [0.29, 0.717) is 38.1 Å². The molecule has 1 amide bonds. The molecule has 0 atom stereocenters. The standard InChI is InChI=1S/C20H18Cl3N3O2S2/c1-2-3-8-28-17-15(22)9-13(10-16(17)23)18(27)24-19-25-26-20(30-19)29-11-12-4-6-14(21)7-5-12/h4-7,9-10H,2-3,8,11H2,1H3,(H,24,25,27). The van der Waals surface area contributed by atoms with Crippen LogP contribution in [0.15, 0.2) is 40.7 Å². The van der Waals surface area contributed by atoms with Crippen molar-refractivity contribution in [3.05, 3.63) is 62.6 Å². The molecule has 0 bridgehead atoms. The largest absolute Gasteiger partial charge is 0.490 e. The Bertz CT molecular complexity index is 990. The van der Waals surface area contributed by atoms with Gasteiger partial charge >= 0.3 is 0 Å². The van der Waals surface area contributed by atoms with Crippen LogP contribution in [0.3, 0.4) is 0 Å². The normalized spacial score (nSPS) is 10.8. The number of halogens is 3. The molecule has 2 aromatic carbocycles. The maximum Gasteiger partial charge on any atom is 0.257 e. The van der Waals surface area contributed by atoms with Crippen LogP contribution in [0.25, 0.3) is 0 Å². The molecule has 0 unspecified atom stereocenters. The summed E-state index contributed by atoms with van der Waals surface area (Å²) in [5, 5.41) is 12.5. The smallest absolute Gasteiger partial charge is 0.257 e. The second-order valence-corrected chi connectivity index (χ2v) is 9.66. The number of amides is 1. The quantitative estimate of drug-likeness (QED) is 0.190. The first-order valence-electron chi connectivity index (χ1n) is 9.10. The highest BCUT2D eigenvalue weighted by atomic mass is 35.5. The lowest BCUT2D eigenvalue weighted by Gasteiger charge is -2.11. The minimum Gasteiger partial charge on any atom is -0.490 e. The molecular weight excluding hydrogens is 485 g/mol. The summed E-state index contributed by atoms with van der Waals surface area (Å²) in [6, 6.07) is 10.7. The zero-order valence-electron chi connectivity index (χ0n) is 16.0. The van der Waals surface area contributed by atoms with E-state index < -0.39 is 0 Å². The van der Waals surface area contributed by atoms with Gasteiger partial charge in [0, 0.05) is 16.3 Å². The minimum absolute atomic E-state index is 0.292. The van der Waals surface area contributed by atoms with Crippen molar-refractivity contribution in [1.29, 1.82) is 0 Å². The molecule has 0 radical (unpaired) electrons. The molecule has 0 aliphatic heterocycles. The van der Waals surface area contributed by atoms with Crippen molar-refractivity contribution >= 4 is 68.9 Å². The highest BCUT2D eigenvalue weighted by molar-refractivity contribution is 8.00. The zero-order valence-corrected chi connectivity index (χ0v) is 19.9. The monoisotopic (exact) mass is 501 g/mol. The summed E-state index contributed by atoms with van der Waals surface area (Å²) in [6.07, 6.45) is 1.89. The SMILES string of the molecule is CCCCOc1c(Cl)cc(C(=O)Nc2nnc(SCc3ccc(Cl)cc3)s2)cc1Cl. The Kier molecular flexibility index (Phi) is 8.65. The van der Waals surface area contributed by atoms with Crippen LogP contribution in [0.5, 0.6) is 5.75 Å². The van der Waals surface area contributed by atoms with Crippen LogP contribution in [0.4, 0.5) is 5.13 Å². The number of ether oxygens (including phenoxy) is 1. The van der Waals surface area contributed by atoms with E-state index in [0.717, 1.165) is 28.5 Å². The Balaban J connectivity index is 1.60. The van der Waals surface area contributed by atoms with E-state index >= 15 is 0 Å². The van der Waals surface area contributed by atoms with Crippen LogP contribution in [0.2, 0.25) is 15.1 Å². The first kappa shape index (κ1) is 23.2. The van der Waals surface area contributed by atoms with Crippen LogP contribution in [0.1, 0.15) is 35.7 Å². The van der Waals surface area contributed by atoms with Gasteiger partial charge in [0.25, 0.3) is 5.91 Å². The molecule has 10 heteroatoms. The average molecular weight is 503 g/mol. The topological polar surface area (TPSA) is 64.1 Å². The van der Waals surface area contributed by atoms with Gasteiger partial charge in [-0.05, 0) is 36.2 Å². The van der Waals surface area contributed by atoms with Gasteiger partial charge in [0.05, 0.1) is 16.7 Å². The van der Waals surface area contributed by atoms with Crippen molar-refractivity contribution in [3.63, 3.8) is 0 Å². The third kappa shape index (κ3) is 6.49. The number of carbonyl (C=O) groups is 1. The third-order valence-electron chi connectivity index (χ3n) is 3.91. The molecule has 30 heavy (non-hydrogen) atoms. The number of unbranched alkanes of at least 4 members (excludes halogenated alkanes) is 1. The van der Waals surface area contributed by atoms with Crippen molar-refractivity contribution in [1.82, 2.24) is 10.2 Å². The molecule has 0 saturated carbocycles. The van der Waals surface area contributed by atoms with Crippen LogP contribution < -0.4 is 10.1 Å². The fourth-order valence-corrected chi connectivity index (χ4v) is 4.79. The second-order valence-electron chi connectivity index (χ2n) is 6.21. The molecule has 3 rings (SSSR count). The lowest BCUT2D eigenvalue weighted by molar-refractivity contribution is 0.102. The second kappa shape index (κ2) is 11.2. The average Bonchev–Trinajstić information content (AvgIpc) is 3.17. The number of nitrogens with zero attached hydrogens (tertiary/aromatic N) is 2. The number of hydrogen-bond acceptors (Lipinski definition) is 6. The van der Waals surface area contributed by atoms with E-state index in [9.17, 15) is 4.79 Å². The van der Waals surface area contributed by atoms with Crippen LogP contribution >= 0.6 is 57.9 Å². The van der Waals surface area contributed by atoms with Gasteiger partial charge in [0.15, 0.2) is 10.1 Å². The van der Waals surface area contributed by atoms with Crippen LogP contribution in [-0.2, 0) is 5.75 Å². The number of nitrogens with one attached hydrogen (secondary N) is 1. The van der Waals surface area contributed by atoms with Crippen LogP contribution in [0, 0.1) is 0 Å². The Morgan fingerprint density at radius 2 is 1.83 bits per heavy atom. The Hall–Kier alpha value is -1.51. The summed E-state index contributed by atoms with van der Waals surface area (Å²) in [5.41, 5.74) is 1.44.